The van der Waals surface area contributed by atoms with Crippen LogP contribution < -0.4 is 4.90 Å². The first-order valence-electron chi connectivity index (χ1n) is 22.4. The van der Waals surface area contributed by atoms with E-state index in [9.17, 15) is 0 Å². The largest absolute Gasteiger partial charge is 0.336 e. The third-order valence-electron chi connectivity index (χ3n) is 11.2. The molecule has 1 aromatic heterocycles. The van der Waals surface area contributed by atoms with Crippen LogP contribution in [0.5, 0.6) is 0 Å². The number of benzene rings is 7. The molecule has 0 unspecified atom stereocenters. The number of fused-ring (bicyclic) bond motifs is 6. The van der Waals surface area contributed by atoms with Gasteiger partial charge in [-0.3, -0.25) is 0 Å². The molecule has 0 saturated heterocycles. The molecular formula is C59H64N2. The Morgan fingerprint density at radius 1 is 0.541 bits per heavy atom. The monoisotopic (exact) mass is 801 g/mol. The number of rotatable bonds is 7. The van der Waals surface area contributed by atoms with Crippen molar-refractivity contribution in [3.63, 3.8) is 0 Å². The minimum Gasteiger partial charge on any atom is -0.336 e. The second kappa shape index (κ2) is 21.7. The third-order valence-corrected chi connectivity index (χ3v) is 11.2. The maximum absolute atomic E-state index is 2.43. The summed E-state index contributed by atoms with van der Waals surface area (Å²) in [6.45, 7) is 18.2. The van der Waals surface area contributed by atoms with Gasteiger partial charge in [0.05, 0.1) is 11.0 Å². The van der Waals surface area contributed by atoms with E-state index in [0.717, 1.165) is 6.54 Å². The van der Waals surface area contributed by atoms with Gasteiger partial charge in [-0.15, -0.1) is 0 Å². The number of unbranched alkanes of at least 4 members (excludes halogenated alkanes) is 1. The van der Waals surface area contributed by atoms with E-state index in [1.165, 1.54) is 103 Å². The van der Waals surface area contributed by atoms with E-state index < -0.39 is 0 Å². The quantitative estimate of drug-likeness (QED) is 0.146. The average Bonchev–Trinajstić information content (AvgIpc) is 3.66. The molecular weight excluding hydrogens is 737 g/mol. The fraction of sp³-hybridized carbons (Fsp3) is 0.220. The van der Waals surface area contributed by atoms with E-state index >= 15 is 0 Å². The maximum Gasteiger partial charge on any atom is 0.0541 e. The molecule has 0 fully saturated rings. The molecule has 0 aliphatic carbocycles. The lowest BCUT2D eigenvalue weighted by Crippen LogP contribution is -2.21. The lowest BCUT2D eigenvalue weighted by atomic mass is 9.93. The molecule has 2 heterocycles. The standard InChI is InChI=1S/C43H34N2.C9H12.C4H10.C3H8/c1-3-31(33-22-26-36(27-23-33)45-42-18-10-7-15-39(42)40-16-8-11-19-43(40)45)28-30(2)32-20-24-35(25-21-32)44-29-34-12-4-5-13-37(34)38-14-6-9-17-41(38)44;1-8(2)9-6-4-3-5-7-9;1-3-4-2;1-3-2/h3-28H,29H2,1-2H3;3-8H,1-2H3;3-4H2,1-2H3;3H2,1-2H3/b30-28+,31-3-;;;. The zero-order chi connectivity index (χ0) is 43.1. The molecule has 1 aliphatic rings. The predicted octanol–water partition coefficient (Wildman–Crippen LogP) is 17.6. The Kier molecular flexibility index (Phi) is 15.8. The van der Waals surface area contributed by atoms with Gasteiger partial charge in [-0.1, -0.05) is 206 Å². The van der Waals surface area contributed by atoms with E-state index in [1.54, 1.807) is 0 Å². The normalized spacial score (nSPS) is 12.0. The van der Waals surface area contributed by atoms with Crippen molar-refractivity contribution < 1.29 is 0 Å². The van der Waals surface area contributed by atoms with E-state index in [4.69, 9.17) is 0 Å². The summed E-state index contributed by atoms with van der Waals surface area (Å²) >= 11 is 0. The number of anilines is 2. The van der Waals surface area contributed by atoms with Crippen LogP contribution in [0.1, 0.15) is 103 Å². The van der Waals surface area contributed by atoms with Gasteiger partial charge in [-0.2, -0.15) is 0 Å². The van der Waals surface area contributed by atoms with Gasteiger partial charge in [0.25, 0.3) is 0 Å². The molecule has 0 atom stereocenters. The molecule has 8 aromatic rings. The van der Waals surface area contributed by atoms with Gasteiger partial charge in [-0.05, 0) is 101 Å². The van der Waals surface area contributed by atoms with Crippen LogP contribution in [0, 0.1) is 0 Å². The number of allylic oxidation sites excluding steroid dienone is 4. The zero-order valence-corrected chi connectivity index (χ0v) is 37.7. The van der Waals surface area contributed by atoms with Crippen molar-refractivity contribution >= 4 is 44.3 Å². The Morgan fingerprint density at radius 2 is 1.03 bits per heavy atom. The van der Waals surface area contributed by atoms with E-state index in [2.05, 4.69) is 247 Å². The zero-order valence-electron chi connectivity index (χ0n) is 37.7. The van der Waals surface area contributed by atoms with Crippen LogP contribution in [0.25, 0.3) is 49.8 Å². The van der Waals surface area contributed by atoms with Crippen LogP contribution in [0.2, 0.25) is 0 Å². The summed E-state index contributed by atoms with van der Waals surface area (Å²) in [5, 5.41) is 2.57. The minimum absolute atomic E-state index is 0.659. The van der Waals surface area contributed by atoms with E-state index in [1.807, 2.05) is 6.07 Å². The summed E-state index contributed by atoms with van der Waals surface area (Å²) in [5.41, 5.74) is 16.4. The van der Waals surface area contributed by atoms with Gasteiger partial charge in [0, 0.05) is 39.9 Å². The van der Waals surface area contributed by atoms with Gasteiger partial charge in [0.2, 0.25) is 0 Å². The van der Waals surface area contributed by atoms with Crippen molar-refractivity contribution in [3.8, 4) is 16.8 Å². The maximum atomic E-state index is 2.43. The molecule has 2 heteroatoms. The fourth-order valence-electron chi connectivity index (χ4n) is 7.74. The number of nitrogens with zero attached hydrogens (tertiary/aromatic N) is 2. The molecule has 0 saturated carbocycles. The summed E-state index contributed by atoms with van der Waals surface area (Å²) in [6.07, 6.45) is 8.40. The van der Waals surface area contributed by atoms with Gasteiger partial charge in [0.15, 0.2) is 0 Å². The Labute approximate surface area is 366 Å². The lowest BCUT2D eigenvalue weighted by Gasteiger charge is -2.33. The van der Waals surface area contributed by atoms with Crippen LogP contribution in [0.4, 0.5) is 11.4 Å². The third kappa shape index (κ3) is 10.5. The summed E-state index contributed by atoms with van der Waals surface area (Å²) < 4.78 is 2.37. The van der Waals surface area contributed by atoms with Crippen molar-refractivity contribution in [1.29, 1.82) is 0 Å². The fourth-order valence-corrected chi connectivity index (χ4v) is 7.74. The van der Waals surface area contributed by atoms with Crippen molar-refractivity contribution in [1.82, 2.24) is 4.57 Å². The molecule has 1 aliphatic heterocycles. The number of hydrogen-bond donors (Lipinski definition) is 0. The van der Waals surface area contributed by atoms with Crippen LogP contribution in [0.15, 0.2) is 188 Å². The molecule has 0 N–H and O–H groups in total. The number of para-hydroxylation sites is 3. The molecule has 0 spiro atoms. The van der Waals surface area contributed by atoms with Gasteiger partial charge >= 0.3 is 0 Å². The van der Waals surface area contributed by atoms with Crippen LogP contribution in [-0.2, 0) is 6.54 Å². The molecule has 7 aromatic carbocycles. The average molecular weight is 801 g/mol. The first kappa shape index (κ1) is 44.2. The lowest BCUT2D eigenvalue weighted by molar-refractivity contribution is 0.867. The molecule has 61 heavy (non-hydrogen) atoms. The summed E-state index contributed by atoms with van der Waals surface area (Å²) in [5.74, 6) is 0.659. The van der Waals surface area contributed by atoms with Crippen LogP contribution in [-0.4, -0.2) is 4.57 Å². The van der Waals surface area contributed by atoms with Crippen LogP contribution in [0.3, 0.4) is 0 Å². The highest BCUT2D eigenvalue weighted by Gasteiger charge is 2.22. The van der Waals surface area contributed by atoms with Gasteiger partial charge in [-0.25, -0.2) is 0 Å². The van der Waals surface area contributed by atoms with Crippen molar-refractivity contribution in [2.75, 3.05) is 4.90 Å². The molecule has 9 rings (SSSR count). The number of hydrogen-bond acceptors (Lipinski definition) is 1. The molecule has 0 amide bonds. The molecule has 310 valence electrons. The first-order chi connectivity index (χ1) is 29.8. The molecule has 0 bridgehead atoms. The highest BCUT2D eigenvalue weighted by molar-refractivity contribution is 6.09. The summed E-state index contributed by atoms with van der Waals surface area (Å²) in [6, 6.07) is 63.3. The number of aromatic nitrogens is 1. The topological polar surface area (TPSA) is 8.17 Å². The summed E-state index contributed by atoms with van der Waals surface area (Å²) in [7, 11) is 0. The van der Waals surface area contributed by atoms with Crippen molar-refractivity contribution in [2.24, 2.45) is 0 Å². The smallest absolute Gasteiger partial charge is 0.0541 e. The van der Waals surface area contributed by atoms with E-state index in [-0.39, 0.29) is 0 Å². The summed E-state index contributed by atoms with van der Waals surface area (Å²) in [4.78, 5) is 2.43. The van der Waals surface area contributed by atoms with E-state index in [0.29, 0.717) is 5.92 Å². The second-order valence-electron chi connectivity index (χ2n) is 16.1. The highest BCUT2D eigenvalue weighted by Crippen LogP contribution is 2.42. The minimum atomic E-state index is 0.659. The molecule has 2 nitrogen and oxygen atoms in total. The van der Waals surface area contributed by atoms with Crippen LogP contribution >= 0.6 is 0 Å². The van der Waals surface area contributed by atoms with Gasteiger partial charge < -0.3 is 9.47 Å². The van der Waals surface area contributed by atoms with Gasteiger partial charge in [0.1, 0.15) is 0 Å². The Morgan fingerprint density at radius 3 is 1.59 bits per heavy atom. The first-order valence-corrected chi connectivity index (χ1v) is 22.4. The molecule has 0 radical (unpaired) electrons. The second-order valence-corrected chi connectivity index (χ2v) is 16.1. The Hall–Kier alpha value is -6.38. The SMILES string of the molecule is C/C=C(/C=C(\C)c1ccc(N2Cc3ccccc3-c3ccccc32)cc1)c1ccc(-n2c3ccccc3c3ccccc32)cc1.CC(C)c1ccccc1.CCC.CCCC. The van der Waals surface area contributed by atoms with Crippen molar-refractivity contribution in [2.45, 2.75) is 87.1 Å². The predicted molar refractivity (Wildman–Crippen MR) is 269 cm³/mol. The highest BCUT2D eigenvalue weighted by atomic mass is 15.1. The van der Waals surface area contributed by atoms with Crippen molar-refractivity contribution in [3.05, 3.63) is 210 Å². The Balaban J connectivity index is 0.000000331. The Bertz CT molecular complexity index is 2600.